The number of anilines is 4. The molecule has 0 saturated heterocycles. The van der Waals surface area contributed by atoms with Crippen molar-refractivity contribution in [3.63, 3.8) is 0 Å². The molecule has 0 radical (unpaired) electrons. The summed E-state index contributed by atoms with van der Waals surface area (Å²) < 4.78 is 39.2. The van der Waals surface area contributed by atoms with Crippen LogP contribution < -0.4 is 10.6 Å². The maximum Gasteiger partial charge on any atom is 0.417 e. The fourth-order valence-corrected chi connectivity index (χ4v) is 3.36. The highest BCUT2D eigenvalue weighted by Gasteiger charge is 2.33. The number of hydrogen-bond donors (Lipinski definition) is 2. The number of thiazole rings is 1. The van der Waals surface area contributed by atoms with Crippen molar-refractivity contribution >= 4 is 51.1 Å². The molecule has 2 heterocycles. The van der Waals surface area contributed by atoms with E-state index in [2.05, 4.69) is 25.6 Å². The first kappa shape index (κ1) is 20.7. The van der Waals surface area contributed by atoms with Crippen LogP contribution in [0.2, 0.25) is 5.02 Å². The van der Waals surface area contributed by atoms with E-state index in [0.29, 0.717) is 5.13 Å². The van der Waals surface area contributed by atoms with E-state index in [-0.39, 0.29) is 17.3 Å². The number of benzene rings is 1. The number of aromatic nitrogens is 3. The molecule has 2 N–H and O–H groups in total. The zero-order valence-corrected chi connectivity index (χ0v) is 16.4. The van der Waals surface area contributed by atoms with Gasteiger partial charge >= 0.3 is 11.9 Å². The number of nitrogens with zero attached hydrogens (tertiary/aromatic N) is 4. The van der Waals surface area contributed by atoms with Gasteiger partial charge in [0.25, 0.3) is 0 Å². The molecule has 1 aromatic carbocycles. The molecule has 0 aliphatic carbocycles. The summed E-state index contributed by atoms with van der Waals surface area (Å²) in [5.41, 5.74) is -0.932. The van der Waals surface area contributed by atoms with E-state index in [4.69, 9.17) is 11.6 Å². The van der Waals surface area contributed by atoms with Crippen LogP contribution >= 0.6 is 22.9 Å². The van der Waals surface area contributed by atoms with Gasteiger partial charge in [-0.2, -0.15) is 13.2 Å². The first-order valence-corrected chi connectivity index (χ1v) is 9.10. The van der Waals surface area contributed by atoms with Crippen LogP contribution in [0, 0.1) is 24.0 Å². The second-order valence-electron chi connectivity index (χ2n) is 5.78. The molecule has 0 aliphatic heterocycles. The predicted molar refractivity (Wildman–Crippen MR) is 103 cm³/mol. The minimum Gasteiger partial charge on any atom is -0.334 e. The van der Waals surface area contributed by atoms with Gasteiger partial charge in [-0.15, -0.1) is 11.3 Å². The number of rotatable bonds is 5. The van der Waals surface area contributed by atoms with Crippen molar-refractivity contribution in [2.45, 2.75) is 20.0 Å². The Labute approximate surface area is 170 Å². The smallest absolute Gasteiger partial charge is 0.334 e. The highest BCUT2D eigenvalue weighted by atomic mass is 35.5. The standard InChI is InChI=1S/C16H12ClF3N6O2S/c1-7-8(2)29-15(23-7)25-14-12(26(27)28)13(21-6-22-14)24-9-3-4-11(17)10(5-9)16(18,19)20/h3-6H,1-2H3,(H2,21,22,23,24,25). The second kappa shape index (κ2) is 7.79. The SMILES string of the molecule is Cc1nc(Nc2ncnc(Nc3ccc(Cl)c(C(F)(F)F)c3)c2[N+](=O)[O-])sc1C. The normalized spacial score (nSPS) is 11.4. The summed E-state index contributed by atoms with van der Waals surface area (Å²) in [6, 6.07) is 3.04. The topological polar surface area (TPSA) is 106 Å². The Bertz CT molecular complexity index is 1070. The van der Waals surface area contributed by atoms with Crippen molar-refractivity contribution in [2.75, 3.05) is 10.6 Å². The van der Waals surface area contributed by atoms with Crippen LogP contribution in [0.1, 0.15) is 16.1 Å². The predicted octanol–water partition coefficient (Wildman–Crippen LogP) is 5.62. The summed E-state index contributed by atoms with van der Waals surface area (Å²) in [6.07, 6.45) is -3.63. The van der Waals surface area contributed by atoms with Crippen molar-refractivity contribution in [3.05, 3.63) is 55.8 Å². The number of nitrogens with one attached hydrogen (secondary N) is 2. The minimum absolute atomic E-state index is 0.0737. The Morgan fingerprint density at radius 3 is 2.38 bits per heavy atom. The van der Waals surface area contributed by atoms with Crippen LogP contribution in [-0.4, -0.2) is 19.9 Å². The van der Waals surface area contributed by atoms with Crippen LogP contribution in [-0.2, 0) is 6.18 Å². The Morgan fingerprint density at radius 2 is 1.83 bits per heavy atom. The Hall–Kier alpha value is -2.99. The maximum atomic E-state index is 13.1. The summed E-state index contributed by atoms with van der Waals surface area (Å²) in [4.78, 5) is 23.7. The molecule has 0 fully saturated rings. The van der Waals surface area contributed by atoms with E-state index in [1.807, 2.05) is 6.92 Å². The van der Waals surface area contributed by atoms with Crippen LogP contribution in [0.5, 0.6) is 0 Å². The number of hydrogen-bond acceptors (Lipinski definition) is 8. The Morgan fingerprint density at radius 1 is 1.17 bits per heavy atom. The zero-order valence-electron chi connectivity index (χ0n) is 14.8. The van der Waals surface area contributed by atoms with E-state index in [0.717, 1.165) is 29.0 Å². The summed E-state index contributed by atoms with van der Waals surface area (Å²) in [6.45, 7) is 3.63. The number of aryl methyl sites for hydroxylation is 2. The average molecular weight is 445 g/mol. The fourth-order valence-electron chi connectivity index (χ4n) is 2.32. The molecule has 2 aromatic heterocycles. The van der Waals surface area contributed by atoms with Crippen molar-refractivity contribution in [1.29, 1.82) is 0 Å². The van der Waals surface area contributed by atoms with Gasteiger partial charge in [0.2, 0.25) is 11.6 Å². The molecule has 0 unspecified atom stereocenters. The molecule has 3 aromatic rings. The fraction of sp³-hybridized carbons (Fsp3) is 0.188. The van der Waals surface area contributed by atoms with Gasteiger partial charge in [0.1, 0.15) is 6.33 Å². The van der Waals surface area contributed by atoms with E-state index < -0.39 is 27.4 Å². The molecular weight excluding hydrogens is 433 g/mol. The Kier molecular flexibility index (Phi) is 5.57. The van der Waals surface area contributed by atoms with Gasteiger partial charge in [-0.05, 0) is 32.0 Å². The second-order valence-corrected chi connectivity index (χ2v) is 7.39. The summed E-state index contributed by atoms with van der Waals surface area (Å²) in [7, 11) is 0. The van der Waals surface area contributed by atoms with Gasteiger partial charge in [0.05, 0.1) is 21.2 Å². The van der Waals surface area contributed by atoms with E-state index in [9.17, 15) is 23.3 Å². The van der Waals surface area contributed by atoms with Gasteiger partial charge in [-0.1, -0.05) is 11.6 Å². The van der Waals surface area contributed by atoms with E-state index >= 15 is 0 Å². The van der Waals surface area contributed by atoms with Gasteiger partial charge in [0.15, 0.2) is 5.13 Å². The molecule has 152 valence electrons. The molecule has 3 rings (SSSR count). The molecule has 0 bridgehead atoms. The van der Waals surface area contributed by atoms with Crippen molar-refractivity contribution in [3.8, 4) is 0 Å². The van der Waals surface area contributed by atoms with Crippen molar-refractivity contribution < 1.29 is 18.1 Å². The molecule has 0 spiro atoms. The third-order valence-electron chi connectivity index (χ3n) is 3.79. The van der Waals surface area contributed by atoms with Crippen molar-refractivity contribution in [1.82, 2.24) is 15.0 Å². The minimum atomic E-state index is -4.68. The molecular formula is C16H12ClF3N6O2S. The molecule has 0 aliphatic rings. The highest BCUT2D eigenvalue weighted by Crippen LogP contribution is 2.38. The summed E-state index contributed by atoms with van der Waals surface area (Å²) in [5.74, 6) is -0.431. The quantitative estimate of drug-likeness (QED) is 0.388. The van der Waals surface area contributed by atoms with E-state index in [1.165, 1.54) is 17.4 Å². The first-order chi connectivity index (χ1) is 13.6. The largest absolute Gasteiger partial charge is 0.417 e. The molecule has 29 heavy (non-hydrogen) atoms. The van der Waals surface area contributed by atoms with E-state index in [1.54, 1.807) is 6.92 Å². The lowest BCUT2D eigenvalue weighted by atomic mass is 10.2. The third kappa shape index (κ3) is 4.54. The number of alkyl halides is 3. The highest BCUT2D eigenvalue weighted by molar-refractivity contribution is 7.15. The molecule has 0 atom stereocenters. The summed E-state index contributed by atoms with van der Waals surface area (Å²) >= 11 is 6.88. The van der Waals surface area contributed by atoms with Gasteiger partial charge in [-0.25, -0.2) is 15.0 Å². The van der Waals surface area contributed by atoms with Gasteiger partial charge in [-0.3, -0.25) is 10.1 Å². The lowest BCUT2D eigenvalue weighted by molar-refractivity contribution is -0.383. The molecule has 8 nitrogen and oxygen atoms in total. The lowest BCUT2D eigenvalue weighted by Gasteiger charge is -2.12. The molecule has 0 amide bonds. The van der Waals surface area contributed by atoms with Gasteiger partial charge in [0, 0.05) is 10.6 Å². The number of halogens is 4. The average Bonchev–Trinajstić information content (AvgIpc) is 2.93. The monoisotopic (exact) mass is 444 g/mol. The molecule has 13 heteroatoms. The van der Waals surface area contributed by atoms with Gasteiger partial charge < -0.3 is 10.6 Å². The summed E-state index contributed by atoms with van der Waals surface area (Å²) in [5, 5.41) is 16.8. The first-order valence-electron chi connectivity index (χ1n) is 7.90. The zero-order chi connectivity index (χ0) is 21.3. The lowest BCUT2D eigenvalue weighted by Crippen LogP contribution is -2.08. The van der Waals surface area contributed by atoms with Crippen LogP contribution in [0.25, 0.3) is 0 Å². The van der Waals surface area contributed by atoms with Crippen LogP contribution in [0.15, 0.2) is 24.5 Å². The number of nitro groups is 1. The maximum absolute atomic E-state index is 13.1. The Balaban J connectivity index is 1.99. The van der Waals surface area contributed by atoms with Crippen LogP contribution in [0.3, 0.4) is 0 Å². The third-order valence-corrected chi connectivity index (χ3v) is 5.11. The molecule has 0 saturated carbocycles. The van der Waals surface area contributed by atoms with Crippen LogP contribution in [0.4, 0.5) is 41.3 Å². The van der Waals surface area contributed by atoms with Crippen molar-refractivity contribution in [2.24, 2.45) is 0 Å².